The Kier molecular flexibility index (Phi) is 4.56. The van der Waals surface area contributed by atoms with Gasteiger partial charge in [0.05, 0.1) is 22.8 Å². The number of nitrogens with two attached hydrogens (primary N) is 1. The van der Waals surface area contributed by atoms with Crippen molar-refractivity contribution in [1.82, 2.24) is 14.9 Å². The summed E-state index contributed by atoms with van der Waals surface area (Å²) in [7, 11) is 0. The Hall–Kier alpha value is -2.77. The van der Waals surface area contributed by atoms with Crippen molar-refractivity contribution in [2.45, 2.75) is 24.9 Å². The Labute approximate surface area is 173 Å². The maximum atomic E-state index is 12.7. The van der Waals surface area contributed by atoms with Crippen LogP contribution in [-0.2, 0) is 16.8 Å². The molecule has 2 N–H and O–H groups in total. The molecular formula is C22H22N4O2S. The van der Waals surface area contributed by atoms with Crippen molar-refractivity contribution in [2.24, 2.45) is 0 Å². The first-order valence-corrected chi connectivity index (χ1v) is 10.7. The van der Waals surface area contributed by atoms with Crippen LogP contribution in [0.2, 0.25) is 0 Å². The Morgan fingerprint density at radius 3 is 2.79 bits per heavy atom. The summed E-state index contributed by atoms with van der Waals surface area (Å²) in [4.78, 5) is 25.8. The van der Waals surface area contributed by atoms with E-state index in [4.69, 9.17) is 10.5 Å². The molecule has 7 heteroatoms. The summed E-state index contributed by atoms with van der Waals surface area (Å²) < 4.78 is 6.35. The van der Waals surface area contributed by atoms with Crippen molar-refractivity contribution < 1.29 is 9.53 Å². The molecule has 6 nitrogen and oxygen atoms in total. The fourth-order valence-corrected chi connectivity index (χ4v) is 5.47. The van der Waals surface area contributed by atoms with Crippen molar-refractivity contribution in [3.8, 4) is 10.6 Å². The van der Waals surface area contributed by atoms with Gasteiger partial charge in [-0.2, -0.15) is 0 Å². The fourth-order valence-electron chi connectivity index (χ4n) is 4.27. The number of hydrogen-bond acceptors (Lipinski definition) is 6. The zero-order chi connectivity index (χ0) is 19.8. The number of pyridine rings is 2. The largest absolute Gasteiger partial charge is 0.384 e. The van der Waals surface area contributed by atoms with E-state index in [-0.39, 0.29) is 11.5 Å². The molecule has 0 unspecified atom stereocenters. The van der Waals surface area contributed by atoms with Crippen LogP contribution < -0.4 is 5.73 Å². The predicted octanol–water partition coefficient (Wildman–Crippen LogP) is 3.49. The number of aromatic nitrogens is 2. The van der Waals surface area contributed by atoms with Crippen LogP contribution in [0.1, 0.15) is 33.8 Å². The van der Waals surface area contributed by atoms with Gasteiger partial charge in [-0.15, -0.1) is 11.3 Å². The average Bonchev–Trinajstić information content (AvgIpc) is 3.21. The van der Waals surface area contributed by atoms with Gasteiger partial charge in [0.2, 0.25) is 0 Å². The number of nitrogens with zero attached hydrogens (tertiary/aromatic N) is 3. The maximum Gasteiger partial charge on any atom is 0.272 e. The van der Waals surface area contributed by atoms with Crippen LogP contribution in [0.25, 0.3) is 10.6 Å². The van der Waals surface area contributed by atoms with Gasteiger partial charge in [-0.05, 0) is 48.7 Å². The summed E-state index contributed by atoms with van der Waals surface area (Å²) in [6.07, 6.45) is 4.16. The lowest BCUT2D eigenvalue weighted by molar-refractivity contribution is -0.0926. The quantitative estimate of drug-likeness (QED) is 0.705. The molecule has 0 saturated carbocycles. The molecule has 1 fully saturated rings. The number of amides is 1. The van der Waals surface area contributed by atoms with Crippen molar-refractivity contribution in [3.63, 3.8) is 0 Å². The van der Waals surface area contributed by atoms with E-state index in [0.29, 0.717) is 31.2 Å². The molecule has 0 aliphatic carbocycles. The van der Waals surface area contributed by atoms with Gasteiger partial charge in [0, 0.05) is 30.6 Å². The Balaban J connectivity index is 1.39. The molecule has 2 aliphatic rings. The van der Waals surface area contributed by atoms with Crippen LogP contribution in [0.4, 0.5) is 5.82 Å². The molecule has 0 atom stereocenters. The lowest BCUT2D eigenvalue weighted by Crippen LogP contribution is -2.48. The van der Waals surface area contributed by atoms with Gasteiger partial charge in [-0.3, -0.25) is 9.78 Å². The lowest BCUT2D eigenvalue weighted by atomic mass is 9.82. The first kappa shape index (κ1) is 18.3. The highest BCUT2D eigenvalue weighted by Crippen LogP contribution is 2.46. The smallest absolute Gasteiger partial charge is 0.272 e. The molecule has 1 saturated heterocycles. The normalized spacial score (nSPS) is 17.9. The number of carbonyl (C=O) groups is 1. The molecule has 1 amide bonds. The van der Waals surface area contributed by atoms with E-state index in [1.54, 1.807) is 29.7 Å². The van der Waals surface area contributed by atoms with Gasteiger partial charge in [0.25, 0.3) is 5.91 Å². The number of likely N-dealkylation sites (tertiary alicyclic amines) is 1. The van der Waals surface area contributed by atoms with Gasteiger partial charge < -0.3 is 15.4 Å². The van der Waals surface area contributed by atoms with Crippen molar-refractivity contribution >= 4 is 23.1 Å². The van der Waals surface area contributed by atoms with Crippen LogP contribution in [0.15, 0.2) is 48.7 Å². The number of piperidine rings is 1. The second-order valence-corrected chi connectivity index (χ2v) is 8.63. The van der Waals surface area contributed by atoms with Crippen LogP contribution in [0.5, 0.6) is 0 Å². The average molecular weight is 407 g/mol. The van der Waals surface area contributed by atoms with Crippen molar-refractivity contribution in [2.75, 3.05) is 25.4 Å². The molecular weight excluding hydrogens is 384 g/mol. The number of hydrogen-bond donors (Lipinski definition) is 1. The summed E-state index contributed by atoms with van der Waals surface area (Å²) in [5.74, 6) is 0.521. The molecule has 148 valence electrons. The molecule has 3 aromatic heterocycles. The molecule has 0 aromatic carbocycles. The van der Waals surface area contributed by atoms with E-state index in [2.05, 4.69) is 16.0 Å². The zero-order valence-corrected chi connectivity index (χ0v) is 16.8. The van der Waals surface area contributed by atoms with E-state index >= 15 is 0 Å². The van der Waals surface area contributed by atoms with Gasteiger partial charge in [-0.25, -0.2) is 4.98 Å². The monoisotopic (exact) mass is 406 g/mol. The van der Waals surface area contributed by atoms with Crippen LogP contribution in [0, 0.1) is 0 Å². The summed E-state index contributed by atoms with van der Waals surface area (Å²) in [6, 6.07) is 13.4. The SMILES string of the molecule is Nc1cccc(-c2cc3c(s2)CCOC32CCN(C(=O)c3ccccn3)CC2)n1. The Morgan fingerprint density at radius 2 is 2.03 bits per heavy atom. The van der Waals surface area contributed by atoms with Crippen molar-refractivity contribution in [3.05, 3.63) is 64.8 Å². The van der Waals surface area contributed by atoms with Gasteiger partial charge in [0.15, 0.2) is 0 Å². The molecule has 2 aliphatic heterocycles. The molecule has 0 radical (unpaired) electrons. The van der Waals surface area contributed by atoms with Gasteiger partial charge in [0.1, 0.15) is 11.5 Å². The maximum absolute atomic E-state index is 12.7. The molecule has 3 aromatic rings. The lowest BCUT2D eigenvalue weighted by Gasteiger charge is -2.44. The third-order valence-electron chi connectivity index (χ3n) is 5.77. The minimum atomic E-state index is -0.316. The summed E-state index contributed by atoms with van der Waals surface area (Å²) in [6.45, 7) is 2.04. The van der Waals surface area contributed by atoms with Crippen LogP contribution in [0.3, 0.4) is 0 Å². The second kappa shape index (κ2) is 7.24. The number of thiophene rings is 1. The number of rotatable bonds is 2. The van der Waals surface area contributed by atoms with Gasteiger partial charge >= 0.3 is 0 Å². The number of anilines is 1. The molecule has 0 bridgehead atoms. The standard InChI is InChI=1S/C22H22N4O2S/c23-20-6-3-5-16(25-20)19-14-15-18(29-19)7-13-28-22(15)8-11-26(12-9-22)21(27)17-4-1-2-10-24-17/h1-6,10,14H,7-9,11-13H2,(H2,23,25). The second-order valence-electron chi connectivity index (χ2n) is 7.50. The molecule has 5 heterocycles. The summed E-state index contributed by atoms with van der Waals surface area (Å²) >= 11 is 1.78. The first-order chi connectivity index (χ1) is 14.1. The number of carbonyl (C=O) groups excluding carboxylic acids is 1. The highest BCUT2D eigenvalue weighted by molar-refractivity contribution is 7.15. The minimum absolute atomic E-state index is 0.00792. The predicted molar refractivity (Wildman–Crippen MR) is 113 cm³/mol. The number of nitrogen functional groups attached to an aromatic ring is 1. The zero-order valence-electron chi connectivity index (χ0n) is 16.0. The number of ether oxygens (including phenoxy) is 1. The van der Waals surface area contributed by atoms with E-state index in [9.17, 15) is 4.79 Å². The van der Waals surface area contributed by atoms with Crippen LogP contribution in [-0.4, -0.2) is 40.5 Å². The Morgan fingerprint density at radius 1 is 1.17 bits per heavy atom. The van der Waals surface area contributed by atoms with Crippen molar-refractivity contribution in [1.29, 1.82) is 0 Å². The Bertz CT molecular complexity index is 1040. The fraction of sp³-hybridized carbons (Fsp3) is 0.318. The van der Waals surface area contributed by atoms with E-state index in [0.717, 1.165) is 29.8 Å². The van der Waals surface area contributed by atoms with Gasteiger partial charge in [-0.1, -0.05) is 12.1 Å². The number of fused-ring (bicyclic) bond motifs is 2. The highest BCUT2D eigenvalue weighted by atomic mass is 32.1. The van der Waals surface area contributed by atoms with E-state index in [1.807, 2.05) is 29.2 Å². The molecule has 29 heavy (non-hydrogen) atoms. The van der Waals surface area contributed by atoms with E-state index < -0.39 is 0 Å². The van der Waals surface area contributed by atoms with Crippen LogP contribution >= 0.6 is 11.3 Å². The highest BCUT2D eigenvalue weighted by Gasteiger charge is 2.43. The summed E-state index contributed by atoms with van der Waals surface area (Å²) in [5.41, 5.74) is 8.22. The topological polar surface area (TPSA) is 81.3 Å². The minimum Gasteiger partial charge on any atom is -0.384 e. The molecule has 5 rings (SSSR count). The third-order valence-corrected chi connectivity index (χ3v) is 6.99. The first-order valence-electron chi connectivity index (χ1n) is 9.85. The van der Waals surface area contributed by atoms with E-state index in [1.165, 1.54) is 10.4 Å². The third kappa shape index (κ3) is 3.30. The summed E-state index contributed by atoms with van der Waals surface area (Å²) in [5, 5.41) is 0. The molecule has 1 spiro atoms.